The predicted molar refractivity (Wildman–Crippen MR) is 55.6 cm³/mol. The smallest absolute Gasteiger partial charge is 0.123 e. The maximum atomic E-state index is 5.91. The number of hydrogen-bond donors (Lipinski definition) is 1. The van der Waals surface area contributed by atoms with Crippen molar-refractivity contribution in [1.29, 1.82) is 0 Å². The Hall–Kier alpha value is -0.280. The fraction of sp³-hybridized carbons (Fsp3) is 0.600. The molecule has 0 spiro atoms. The monoisotopic (exact) mass is 243 g/mol. The molecule has 2 N–H and O–H groups in total. The van der Waals surface area contributed by atoms with E-state index in [1.165, 1.54) is 0 Å². The topological polar surface area (TPSA) is 39.2 Å². The molecule has 72 valence electrons. The molecule has 1 aliphatic rings. The minimum Gasteiger partial charge on any atom is -0.468 e. The van der Waals surface area contributed by atoms with Crippen LogP contribution in [-0.2, 0) is 5.41 Å². The second kappa shape index (κ2) is 3.14. The Balaban J connectivity index is 2.30. The lowest BCUT2D eigenvalue weighted by molar-refractivity contribution is 0.360. The van der Waals surface area contributed by atoms with Gasteiger partial charge >= 0.3 is 0 Å². The van der Waals surface area contributed by atoms with Gasteiger partial charge in [0.05, 0.1) is 10.7 Å². The molecule has 0 aromatic carbocycles. The lowest BCUT2D eigenvalue weighted by Gasteiger charge is -2.21. The van der Waals surface area contributed by atoms with Gasteiger partial charge in [-0.3, -0.25) is 0 Å². The minimum atomic E-state index is 0.141. The second-order valence-electron chi connectivity index (χ2n) is 4.16. The van der Waals surface area contributed by atoms with Crippen LogP contribution in [0, 0.1) is 0 Å². The van der Waals surface area contributed by atoms with Crippen molar-refractivity contribution < 1.29 is 4.42 Å². The highest BCUT2D eigenvalue weighted by Crippen LogP contribution is 2.43. The Kier molecular flexibility index (Phi) is 2.24. The van der Waals surface area contributed by atoms with E-state index in [4.69, 9.17) is 10.2 Å². The number of halogens is 1. The Labute approximate surface area is 86.6 Å². The zero-order valence-corrected chi connectivity index (χ0v) is 9.30. The average Bonchev–Trinajstić information content (AvgIpc) is 2.59. The van der Waals surface area contributed by atoms with Crippen LogP contribution in [0.5, 0.6) is 0 Å². The molecule has 0 bridgehead atoms. The van der Waals surface area contributed by atoms with E-state index in [0.717, 1.165) is 29.5 Å². The van der Waals surface area contributed by atoms with E-state index in [2.05, 4.69) is 22.9 Å². The number of hydrogen-bond acceptors (Lipinski definition) is 2. The Morgan fingerprint density at radius 2 is 2.46 bits per heavy atom. The van der Waals surface area contributed by atoms with Crippen molar-refractivity contribution >= 4 is 15.9 Å². The number of nitrogens with two attached hydrogens (primary N) is 1. The summed E-state index contributed by atoms with van der Waals surface area (Å²) in [6, 6.07) is 2.28. The lowest BCUT2D eigenvalue weighted by Crippen LogP contribution is -2.22. The van der Waals surface area contributed by atoms with Gasteiger partial charge in [0.15, 0.2) is 0 Å². The van der Waals surface area contributed by atoms with Crippen LogP contribution >= 0.6 is 15.9 Å². The van der Waals surface area contributed by atoms with Crippen molar-refractivity contribution in [3.05, 3.63) is 22.6 Å². The Morgan fingerprint density at radius 3 is 2.92 bits per heavy atom. The summed E-state index contributed by atoms with van der Waals surface area (Å²) >= 11 is 3.50. The molecule has 0 saturated heterocycles. The van der Waals surface area contributed by atoms with Crippen molar-refractivity contribution in [3.63, 3.8) is 0 Å². The molecule has 3 heteroatoms. The van der Waals surface area contributed by atoms with Crippen molar-refractivity contribution in [1.82, 2.24) is 0 Å². The van der Waals surface area contributed by atoms with Crippen LogP contribution in [0.3, 0.4) is 0 Å². The third-order valence-electron chi connectivity index (χ3n) is 2.94. The largest absolute Gasteiger partial charge is 0.468 e. The molecule has 0 aliphatic heterocycles. The molecule has 2 nitrogen and oxygen atoms in total. The first-order chi connectivity index (χ1) is 6.12. The first-order valence-electron chi connectivity index (χ1n) is 4.61. The molecular weight excluding hydrogens is 230 g/mol. The quantitative estimate of drug-likeness (QED) is 0.824. The molecule has 1 heterocycles. The van der Waals surface area contributed by atoms with E-state index in [1.807, 2.05) is 6.07 Å². The number of furan rings is 1. The van der Waals surface area contributed by atoms with E-state index < -0.39 is 0 Å². The molecule has 13 heavy (non-hydrogen) atoms. The van der Waals surface area contributed by atoms with Crippen LogP contribution in [0.4, 0.5) is 0 Å². The Morgan fingerprint density at radius 1 is 1.69 bits per heavy atom. The summed E-state index contributed by atoms with van der Waals surface area (Å²) < 4.78 is 6.57. The Bertz CT molecular complexity index is 310. The van der Waals surface area contributed by atoms with Gasteiger partial charge in [-0.2, -0.15) is 0 Å². The summed E-state index contributed by atoms with van der Waals surface area (Å²) in [5.74, 6) is 1.06. The standard InChI is InChI=1S/C10H14BrNO/c1-10(4-2-7(12)6-10)9-8(11)3-5-13-9/h3,5,7H,2,4,6,12H2,1H3. The molecule has 0 amide bonds. The highest BCUT2D eigenvalue weighted by Gasteiger charge is 2.38. The molecule has 1 aromatic rings. The van der Waals surface area contributed by atoms with Gasteiger partial charge in [0, 0.05) is 11.5 Å². The van der Waals surface area contributed by atoms with Crippen LogP contribution in [-0.4, -0.2) is 6.04 Å². The first-order valence-corrected chi connectivity index (χ1v) is 5.40. The van der Waals surface area contributed by atoms with Crippen molar-refractivity contribution in [3.8, 4) is 0 Å². The first kappa shape index (κ1) is 9.28. The lowest BCUT2D eigenvalue weighted by atomic mass is 9.86. The second-order valence-corrected chi connectivity index (χ2v) is 5.02. The van der Waals surface area contributed by atoms with Crippen LogP contribution in [0.25, 0.3) is 0 Å². The SMILES string of the molecule is CC1(c2occc2Br)CCC(N)C1. The summed E-state index contributed by atoms with van der Waals surface area (Å²) in [5.41, 5.74) is 6.05. The fourth-order valence-electron chi connectivity index (χ4n) is 2.22. The third-order valence-corrected chi connectivity index (χ3v) is 3.57. The molecule has 2 atom stereocenters. The molecule has 2 unspecified atom stereocenters. The normalized spacial score (nSPS) is 33.9. The molecule has 1 aliphatic carbocycles. The molecular formula is C10H14BrNO. The molecule has 1 saturated carbocycles. The van der Waals surface area contributed by atoms with Crippen molar-refractivity contribution in [2.24, 2.45) is 5.73 Å². The van der Waals surface area contributed by atoms with E-state index in [1.54, 1.807) is 6.26 Å². The van der Waals surface area contributed by atoms with Gasteiger partial charge in [-0.05, 0) is 41.3 Å². The highest BCUT2D eigenvalue weighted by molar-refractivity contribution is 9.10. The summed E-state index contributed by atoms with van der Waals surface area (Å²) in [6.45, 7) is 2.23. The number of rotatable bonds is 1. The molecule has 2 rings (SSSR count). The van der Waals surface area contributed by atoms with Gasteiger partial charge < -0.3 is 10.2 Å². The zero-order chi connectivity index (χ0) is 9.47. The molecule has 1 fully saturated rings. The average molecular weight is 244 g/mol. The summed E-state index contributed by atoms with van der Waals surface area (Å²) in [4.78, 5) is 0. The van der Waals surface area contributed by atoms with Gasteiger partial charge in [0.25, 0.3) is 0 Å². The summed E-state index contributed by atoms with van der Waals surface area (Å²) in [5, 5.41) is 0. The van der Waals surface area contributed by atoms with E-state index in [0.29, 0.717) is 6.04 Å². The van der Waals surface area contributed by atoms with Gasteiger partial charge in [0.1, 0.15) is 5.76 Å². The zero-order valence-electron chi connectivity index (χ0n) is 7.72. The highest BCUT2D eigenvalue weighted by atomic mass is 79.9. The summed E-state index contributed by atoms with van der Waals surface area (Å²) in [7, 11) is 0. The van der Waals surface area contributed by atoms with Gasteiger partial charge in [0.2, 0.25) is 0 Å². The minimum absolute atomic E-state index is 0.141. The van der Waals surface area contributed by atoms with E-state index >= 15 is 0 Å². The third kappa shape index (κ3) is 1.55. The van der Waals surface area contributed by atoms with E-state index in [-0.39, 0.29) is 5.41 Å². The van der Waals surface area contributed by atoms with Crippen LogP contribution in [0.1, 0.15) is 31.9 Å². The fourth-order valence-corrected chi connectivity index (χ4v) is 2.90. The maximum Gasteiger partial charge on any atom is 0.123 e. The van der Waals surface area contributed by atoms with E-state index in [9.17, 15) is 0 Å². The van der Waals surface area contributed by atoms with Gasteiger partial charge in [-0.25, -0.2) is 0 Å². The van der Waals surface area contributed by atoms with Crippen molar-refractivity contribution in [2.75, 3.05) is 0 Å². The van der Waals surface area contributed by atoms with Crippen molar-refractivity contribution in [2.45, 2.75) is 37.6 Å². The van der Waals surface area contributed by atoms with Gasteiger partial charge in [-0.1, -0.05) is 6.92 Å². The van der Waals surface area contributed by atoms with Crippen LogP contribution < -0.4 is 5.73 Å². The predicted octanol–water partition coefficient (Wildman–Crippen LogP) is 2.81. The molecule has 1 aromatic heterocycles. The molecule has 0 radical (unpaired) electrons. The maximum absolute atomic E-state index is 5.91. The van der Waals surface area contributed by atoms with Crippen LogP contribution in [0.2, 0.25) is 0 Å². The summed E-state index contributed by atoms with van der Waals surface area (Å²) in [6.07, 6.45) is 4.98. The van der Waals surface area contributed by atoms with Crippen LogP contribution in [0.15, 0.2) is 21.2 Å². The van der Waals surface area contributed by atoms with Gasteiger partial charge in [-0.15, -0.1) is 0 Å².